The van der Waals surface area contributed by atoms with Crippen molar-refractivity contribution in [1.29, 1.82) is 0 Å². The summed E-state index contributed by atoms with van der Waals surface area (Å²) in [5.74, 6) is 0.405. The molecule has 2 amide bonds. The third-order valence-corrected chi connectivity index (χ3v) is 2.67. The lowest BCUT2D eigenvalue weighted by Gasteiger charge is -2.13. The van der Waals surface area contributed by atoms with Gasteiger partial charge < -0.3 is 0 Å². The number of hydrogen-bond acceptors (Lipinski definition) is 5. The first-order valence-corrected chi connectivity index (χ1v) is 5.64. The highest BCUT2D eigenvalue weighted by atomic mass is 16.2. The van der Waals surface area contributed by atoms with Crippen LogP contribution in [0.1, 0.15) is 25.6 Å². The van der Waals surface area contributed by atoms with Gasteiger partial charge in [-0.3, -0.25) is 24.9 Å². The minimum atomic E-state index is -0.431. The van der Waals surface area contributed by atoms with Gasteiger partial charge in [0, 0.05) is 6.54 Å². The summed E-state index contributed by atoms with van der Waals surface area (Å²) < 4.78 is 0. The van der Waals surface area contributed by atoms with Gasteiger partial charge in [0.25, 0.3) is 0 Å². The molecule has 0 aromatic carbocycles. The van der Waals surface area contributed by atoms with Crippen LogP contribution in [0.3, 0.4) is 0 Å². The summed E-state index contributed by atoms with van der Waals surface area (Å²) >= 11 is 0. The Kier molecular flexibility index (Phi) is 3.48. The molecular formula is C10H15N5O2. The van der Waals surface area contributed by atoms with Gasteiger partial charge in [0.2, 0.25) is 11.8 Å². The topological polar surface area (TPSA) is 91.0 Å². The van der Waals surface area contributed by atoms with Crippen LogP contribution >= 0.6 is 0 Å². The lowest BCUT2D eigenvalue weighted by atomic mass is 10.2. The molecule has 1 aliphatic rings. The molecule has 1 aromatic rings. The Bertz CT molecular complexity index is 403. The van der Waals surface area contributed by atoms with Gasteiger partial charge in [-0.1, -0.05) is 6.92 Å². The third-order valence-electron chi connectivity index (χ3n) is 2.67. The fourth-order valence-electron chi connectivity index (χ4n) is 1.84. The molecule has 1 fully saturated rings. The van der Waals surface area contributed by atoms with Gasteiger partial charge in [-0.2, -0.15) is 5.10 Å². The summed E-state index contributed by atoms with van der Waals surface area (Å²) in [6.45, 7) is 2.84. The normalized spacial score (nSPS) is 20.3. The van der Waals surface area contributed by atoms with Gasteiger partial charge in [0.15, 0.2) is 0 Å². The van der Waals surface area contributed by atoms with Crippen molar-refractivity contribution in [2.75, 3.05) is 6.54 Å². The number of amides is 2. The molecule has 1 atom stereocenters. The quantitative estimate of drug-likeness (QED) is 0.669. The van der Waals surface area contributed by atoms with Crippen LogP contribution < -0.4 is 5.32 Å². The van der Waals surface area contributed by atoms with Gasteiger partial charge >= 0.3 is 0 Å². The van der Waals surface area contributed by atoms with Gasteiger partial charge in [-0.05, 0) is 6.42 Å². The van der Waals surface area contributed by atoms with E-state index in [4.69, 9.17) is 0 Å². The Morgan fingerprint density at radius 3 is 3.06 bits per heavy atom. The Labute approximate surface area is 98.6 Å². The van der Waals surface area contributed by atoms with E-state index in [2.05, 4.69) is 20.5 Å². The molecule has 1 aromatic heterocycles. The van der Waals surface area contributed by atoms with Crippen LogP contribution in [0.25, 0.3) is 0 Å². The average Bonchev–Trinajstić information content (AvgIpc) is 2.90. The molecule has 0 bridgehead atoms. The second kappa shape index (κ2) is 5.05. The first-order chi connectivity index (χ1) is 8.22. The van der Waals surface area contributed by atoms with E-state index in [9.17, 15) is 9.59 Å². The summed E-state index contributed by atoms with van der Waals surface area (Å²) in [6, 6.07) is -0.431. The van der Waals surface area contributed by atoms with Crippen molar-refractivity contribution in [2.45, 2.75) is 32.4 Å². The molecule has 0 saturated carbocycles. The molecule has 2 heterocycles. The fourth-order valence-corrected chi connectivity index (χ4v) is 1.84. The summed E-state index contributed by atoms with van der Waals surface area (Å²) in [5, 5.41) is 9.40. The highest BCUT2D eigenvalue weighted by Gasteiger charge is 2.37. The zero-order valence-corrected chi connectivity index (χ0v) is 9.64. The maximum atomic E-state index is 11.9. The average molecular weight is 237 g/mol. The lowest BCUT2D eigenvalue weighted by Crippen LogP contribution is -2.38. The van der Waals surface area contributed by atoms with E-state index in [-0.39, 0.29) is 18.2 Å². The number of H-pyrrole nitrogens is 1. The smallest absolute Gasteiger partial charge is 0.246 e. The summed E-state index contributed by atoms with van der Waals surface area (Å²) in [6.07, 6.45) is 2.42. The molecule has 0 spiro atoms. The van der Waals surface area contributed by atoms with E-state index < -0.39 is 6.04 Å². The van der Waals surface area contributed by atoms with E-state index in [1.54, 1.807) is 0 Å². The van der Waals surface area contributed by atoms with Gasteiger partial charge in [0.05, 0.1) is 19.0 Å². The molecule has 1 aliphatic heterocycles. The van der Waals surface area contributed by atoms with E-state index in [0.29, 0.717) is 18.9 Å². The predicted octanol–water partition coefficient (Wildman–Crippen LogP) is -0.568. The van der Waals surface area contributed by atoms with E-state index in [0.717, 1.165) is 6.42 Å². The van der Waals surface area contributed by atoms with Crippen LogP contribution in [0.2, 0.25) is 0 Å². The number of nitrogens with zero attached hydrogens (tertiary/aromatic N) is 3. The number of nitrogens with one attached hydrogen (secondary N) is 2. The van der Waals surface area contributed by atoms with Crippen molar-refractivity contribution >= 4 is 11.8 Å². The third kappa shape index (κ3) is 2.50. The molecule has 7 nitrogen and oxygen atoms in total. The molecule has 2 N–H and O–H groups in total. The molecule has 1 saturated heterocycles. The molecule has 0 aliphatic carbocycles. The first-order valence-electron chi connectivity index (χ1n) is 5.64. The zero-order chi connectivity index (χ0) is 12.3. The number of aromatic nitrogens is 3. The monoisotopic (exact) mass is 237 g/mol. The van der Waals surface area contributed by atoms with Crippen molar-refractivity contribution in [3.05, 3.63) is 12.2 Å². The number of rotatable bonds is 5. The van der Waals surface area contributed by atoms with Gasteiger partial charge in [-0.15, -0.1) is 0 Å². The minimum absolute atomic E-state index is 0.105. The number of aromatic amines is 1. The summed E-state index contributed by atoms with van der Waals surface area (Å²) in [7, 11) is 0. The van der Waals surface area contributed by atoms with Crippen molar-refractivity contribution in [3.63, 3.8) is 0 Å². The maximum absolute atomic E-state index is 11.9. The summed E-state index contributed by atoms with van der Waals surface area (Å²) in [5.41, 5.74) is 0. The van der Waals surface area contributed by atoms with Crippen molar-refractivity contribution in [1.82, 2.24) is 25.4 Å². The van der Waals surface area contributed by atoms with Crippen LogP contribution in [0, 0.1) is 0 Å². The standard InChI is InChI=1S/C10H15N5O2/c1-2-3-15-9(16)4-7(10(15)17)11-5-8-12-6-13-14-8/h6-7,11H,2-5H2,1H3,(H,12,13,14). The number of carbonyl (C=O) groups is 2. The van der Waals surface area contributed by atoms with Crippen LogP contribution in [0.15, 0.2) is 6.33 Å². The van der Waals surface area contributed by atoms with E-state index in [1.807, 2.05) is 6.92 Å². The predicted molar refractivity (Wildman–Crippen MR) is 58.6 cm³/mol. The molecule has 7 heteroatoms. The number of likely N-dealkylation sites (tertiary alicyclic amines) is 1. The number of carbonyl (C=O) groups excluding carboxylic acids is 2. The minimum Gasteiger partial charge on any atom is -0.298 e. The Morgan fingerprint density at radius 1 is 1.59 bits per heavy atom. The van der Waals surface area contributed by atoms with Crippen molar-refractivity contribution < 1.29 is 9.59 Å². The first kappa shape index (κ1) is 11.7. The number of imide groups is 1. The van der Waals surface area contributed by atoms with Crippen LogP contribution in [-0.4, -0.2) is 44.5 Å². The maximum Gasteiger partial charge on any atom is 0.246 e. The van der Waals surface area contributed by atoms with Crippen LogP contribution in [0.5, 0.6) is 0 Å². The zero-order valence-electron chi connectivity index (χ0n) is 9.64. The van der Waals surface area contributed by atoms with E-state index >= 15 is 0 Å². The molecule has 17 heavy (non-hydrogen) atoms. The highest BCUT2D eigenvalue weighted by Crippen LogP contribution is 2.13. The SMILES string of the molecule is CCCN1C(=O)CC(NCc2ncn[nH]2)C1=O. The Morgan fingerprint density at radius 2 is 2.41 bits per heavy atom. The molecule has 2 rings (SSSR count). The highest BCUT2D eigenvalue weighted by molar-refractivity contribution is 6.05. The Balaban J connectivity index is 1.90. The van der Waals surface area contributed by atoms with Gasteiger partial charge in [0.1, 0.15) is 12.2 Å². The molecule has 0 radical (unpaired) electrons. The molecule has 92 valence electrons. The number of hydrogen-bond donors (Lipinski definition) is 2. The van der Waals surface area contributed by atoms with Gasteiger partial charge in [-0.25, -0.2) is 4.98 Å². The molecular weight excluding hydrogens is 222 g/mol. The van der Waals surface area contributed by atoms with Crippen molar-refractivity contribution in [2.24, 2.45) is 0 Å². The van der Waals surface area contributed by atoms with Crippen molar-refractivity contribution in [3.8, 4) is 0 Å². The Hall–Kier alpha value is -1.76. The summed E-state index contributed by atoms with van der Waals surface area (Å²) in [4.78, 5) is 28.7. The van der Waals surface area contributed by atoms with Crippen LogP contribution in [-0.2, 0) is 16.1 Å². The second-order valence-electron chi connectivity index (χ2n) is 3.95. The largest absolute Gasteiger partial charge is 0.298 e. The second-order valence-corrected chi connectivity index (χ2v) is 3.95. The lowest BCUT2D eigenvalue weighted by molar-refractivity contribution is -0.138. The van der Waals surface area contributed by atoms with Crippen LogP contribution in [0.4, 0.5) is 0 Å². The van der Waals surface area contributed by atoms with E-state index in [1.165, 1.54) is 11.2 Å². The fraction of sp³-hybridized carbons (Fsp3) is 0.600. The molecule has 1 unspecified atom stereocenters.